The number of rotatable bonds is 6. The Bertz CT molecular complexity index is 504. The summed E-state index contributed by atoms with van der Waals surface area (Å²) in [5, 5.41) is 7.08. The molecule has 1 aromatic carbocycles. The molecule has 1 aromatic heterocycles. The molecule has 2 aromatic rings. The maximum atomic E-state index is 5.39. The number of ether oxygens (including phenoxy) is 1. The Labute approximate surface area is 113 Å². The lowest BCUT2D eigenvalue weighted by molar-refractivity contribution is 0.420. The quantitative estimate of drug-likeness (QED) is 0.802. The van der Waals surface area contributed by atoms with Gasteiger partial charge in [0, 0.05) is 0 Å². The Balaban J connectivity index is 2.05. The summed E-state index contributed by atoms with van der Waals surface area (Å²) in [7, 11) is 1.73. The first kappa shape index (κ1) is 13.4. The zero-order chi connectivity index (χ0) is 13.0. The van der Waals surface area contributed by atoms with E-state index >= 15 is 0 Å². The second-order valence-electron chi connectivity index (χ2n) is 4.95. The van der Waals surface area contributed by atoms with E-state index in [0.29, 0.717) is 5.92 Å². The maximum absolute atomic E-state index is 5.39. The van der Waals surface area contributed by atoms with Crippen molar-refractivity contribution in [2.75, 3.05) is 20.2 Å². The summed E-state index contributed by atoms with van der Waals surface area (Å²) < 4.78 is 6.66. The lowest BCUT2D eigenvalue weighted by Crippen LogP contribution is -2.21. The minimum atomic E-state index is 0.712. The van der Waals surface area contributed by atoms with Crippen LogP contribution in [0.5, 0.6) is 5.75 Å². The van der Waals surface area contributed by atoms with Crippen LogP contribution in [0.15, 0.2) is 23.6 Å². The molecule has 0 radical (unpaired) electrons. The topological polar surface area (TPSA) is 21.3 Å². The molecule has 3 heteroatoms. The van der Waals surface area contributed by atoms with E-state index in [-0.39, 0.29) is 0 Å². The van der Waals surface area contributed by atoms with Crippen LogP contribution in [0.4, 0.5) is 0 Å². The Morgan fingerprint density at radius 3 is 2.89 bits per heavy atom. The van der Waals surface area contributed by atoms with Gasteiger partial charge in [0.15, 0.2) is 0 Å². The van der Waals surface area contributed by atoms with E-state index in [4.69, 9.17) is 4.74 Å². The summed E-state index contributed by atoms with van der Waals surface area (Å²) in [4.78, 5) is 0. The van der Waals surface area contributed by atoms with Crippen molar-refractivity contribution in [3.63, 3.8) is 0 Å². The van der Waals surface area contributed by atoms with E-state index in [1.54, 1.807) is 18.4 Å². The maximum Gasteiger partial charge on any atom is 0.136 e. The molecule has 0 aliphatic carbocycles. The third kappa shape index (κ3) is 3.03. The molecule has 2 nitrogen and oxygen atoms in total. The van der Waals surface area contributed by atoms with E-state index in [2.05, 4.69) is 36.7 Å². The van der Waals surface area contributed by atoms with Gasteiger partial charge >= 0.3 is 0 Å². The van der Waals surface area contributed by atoms with Crippen LogP contribution in [0.1, 0.15) is 19.4 Å². The lowest BCUT2D eigenvalue weighted by atomic mass is 10.1. The molecule has 1 heterocycles. The molecule has 0 unspecified atom stereocenters. The van der Waals surface area contributed by atoms with Gasteiger partial charge < -0.3 is 10.1 Å². The molecule has 18 heavy (non-hydrogen) atoms. The second kappa shape index (κ2) is 6.21. The summed E-state index contributed by atoms with van der Waals surface area (Å²) >= 11 is 1.78. The molecule has 0 fully saturated rings. The third-order valence-corrected chi connectivity index (χ3v) is 4.05. The van der Waals surface area contributed by atoms with Gasteiger partial charge in [0.05, 0.1) is 11.8 Å². The Kier molecular flexibility index (Phi) is 4.61. The van der Waals surface area contributed by atoms with E-state index in [0.717, 1.165) is 25.3 Å². The Hall–Kier alpha value is -1.06. The van der Waals surface area contributed by atoms with Crippen molar-refractivity contribution in [1.82, 2.24) is 5.32 Å². The van der Waals surface area contributed by atoms with E-state index in [9.17, 15) is 0 Å². The van der Waals surface area contributed by atoms with E-state index < -0.39 is 0 Å². The van der Waals surface area contributed by atoms with Gasteiger partial charge in [-0.3, -0.25) is 0 Å². The zero-order valence-electron chi connectivity index (χ0n) is 11.3. The van der Waals surface area contributed by atoms with Crippen LogP contribution in [0.3, 0.4) is 0 Å². The molecule has 0 saturated carbocycles. The molecule has 2 rings (SSSR count). The average Bonchev–Trinajstić information content (AvgIpc) is 2.77. The highest BCUT2D eigenvalue weighted by atomic mass is 32.1. The minimum Gasteiger partial charge on any atom is -0.495 e. The molecule has 0 amide bonds. The van der Waals surface area contributed by atoms with Crippen molar-refractivity contribution in [3.05, 3.63) is 29.1 Å². The molecule has 0 spiro atoms. The molecule has 0 aliphatic rings. The van der Waals surface area contributed by atoms with Gasteiger partial charge in [0.25, 0.3) is 0 Å². The summed E-state index contributed by atoms with van der Waals surface area (Å²) in [6.07, 6.45) is 1.08. The van der Waals surface area contributed by atoms with Crippen LogP contribution in [-0.4, -0.2) is 20.2 Å². The van der Waals surface area contributed by atoms with Gasteiger partial charge in [-0.05, 0) is 47.8 Å². The molecule has 0 atom stereocenters. The van der Waals surface area contributed by atoms with Crippen molar-refractivity contribution >= 4 is 21.4 Å². The van der Waals surface area contributed by atoms with Crippen molar-refractivity contribution in [1.29, 1.82) is 0 Å². The first-order valence-corrected chi connectivity index (χ1v) is 7.34. The van der Waals surface area contributed by atoms with Gasteiger partial charge in [-0.15, -0.1) is 11.3 Å². The van der Waals surface area contributed by atoms with Gasteiger partial charge in [0.1, 0.15) is 5.75 Å². The van der Waals surface area contributed by atoms with Crippen LogP contribution in [-0.2, 0) is 6.42 Å². The fourth-order valence-corrected chi connectivity index (χ4v) is 3.15. The van der Waals surface area contributed by atoms with Crippen molar-refractivity contribution < 1.29 is 4.74 Å². The monoisotopic (exact) mass is 263 g/mol. The number of thiophene rings is 1. The fraction of sp³-hybridized carbons (Fsp3) is 0.467. The van der Waals surface area contributed by atoms with Gasteiger partial charge in [-0.2, -0.15) is 0 Å². The summed E-state index contributed by atoms with van der Waals surface area (Å²) in [6, 6.07) is 6.28. The van der Waals surface area contributed by atoms with Gasteiger partial charge in [-0.1, -0.05) is 26.0 Å². The molecule has 0 saturated heterocycles. The van der Waals surface area contributed by atoms with E-state index in [1.165, 1.54) is 15.6 Å². The minimum absolute atomic E-state index is 0.712. The highest BCUT2D eigenvalue weighted by Crippen LogP contribution is 2.33. The van der Waals surface area contributed by atoms with Crippen LogP contribution < -0.4 is 10.1 Å². The van der Waals surface area contributed by atoms with Crippen molar-refractivity contribution in [2.45, 2.75) is 20.3 Å². The lowest BCUT2D eigenvalue weighted by Gasteiger charge is -2.07. The number of fused-ring (bicyclic) bond motifs is 1. The largest absolute Gasteiger partial charge is 0.495 e. The number of hydrogen-bond acceptors (Lipinski definition) is 3. The summed E-state index contributed by atoms with van der Waals surface area (Å²) in [6.45, 7) is 6.60. The standard InChI is InChI=1S/C15H21NOS/c1-11(2)9-16-8-7-12-10-18-15-13(12)5-4-6-14(15)17-3/h4-6,10-11,16H,7-9H2,1-3H3. The number of nitrogens with one attached hydrogen (secondary N) is 1. The smallest absolute Gasteiger partial charge is 0.136 e. The predicted molar refractivity (Wildman–Crippen MR) is 79.8 cm³/mol. The number of hydrogen-bond donors (Lipinski definition) is 1. The van der Waals surface area contributed by atoms with Crippen molar-refractivity contribution in [3.8, 4) is 5.75 Å². The Morgan fingerprint density at radius 2 is 2.17 bits per heavy atom. The van der Waals surface area contributed by atoms with Crippen LogP contribution in [0.25, 0.3) is 10.1 Å². The molecular weight excluding hydrogens is 242 g/mol. The predicted octanol–water partition coefficient (Wildman–Crippen LogP) is 3.70. The van der Waals surface area contributed by atoms with Crippen LogP contribution in [0, 0.1) is 5.92 Å². The molecular formula is C15H21NOS. The number of benzene rings is 1. The highest BCUT2D eigenvalue weighted by molar-refractivity contribution is 7.17. The first-order valence-electron chi connectivity index (χ1n) is 6.46. The number of methoxy groups -OCH3 is 1. The highest BCUT2D eigenvalue weighted by Gasteiger charge is 2.07. The third-order valence-electron chi connectivity index (χ3n) is 2.99. The first-order chi connectivity index (χ1) is 8.72. The summed E-state index contributed by atoms with van der Waals surface area (Å²) in [5.41, 5.74) is 1.42. The van der Waals surface area contributed by atoms with Gasteiger partial charge in [-0.25, -0.2) is 0 Å². The summed E-state index contributed by atoms with van der Waals surface area (Å²) in [5.74, 6) is 1.70. The Morgan fingerprint density at radius 1 is 1.33 bits per heavy atom. The average molecular weight is 263 g/mol. The molecule has 0 bridgehead atoms. The fourth-order valence-electron chi connectivity index (χ4n) is 2.05. The SMILES string of the molecule is COc1cccc2c(CCNCC(C)C)csc12. The normalized spacial score (nSPS) is 11.3. The van der Waals surface area contributed by atoms with E-state index in [1.807, 2.05) is 6.07 Å². The van der Waals surface area contributed by atoms with Gasteiger partial charge in [0.2, 0.25) is 0 Å². The van der Waals surface area contributed by atoms with Crippen LogP contribution in [0.2, 0.25) is 0 Å². The molecule has 98 valence electrons. The van der Waals surface area contributed by atoms with Crippen molar-refractivity contribution in [2.24, 2.45) is 5.92 Å². The molecule has 1 N–H and O–H groups in total. The molecule has 0 aliphatic heterocycles. The van der Waals surface area contributed by atoms with Crippen LogP contribution >= 0.6 is 11.3 Å². The second-order valence-corrected chi connectivity index (χ2v) is 5.83. The zero-order valence-corrected chi connectivity index (χ0v) is 12.1.